The van der Waals surface area contributed by atoms with Gasteiger partial charge in [-0.2, -0.15) is 0 Å². The molecular weight excluding hydrogens is 374 g/mol. The molecule has 2 aromatic rings. The summed E-state index contributed by atoms with van der Waals surface area (Å²) in [7, 11) is 0. The van der Waals surface area contributed by atoms with Crippen LogP contribution in [0.3, 0.4) is 0 Å². The third-order valence-corrected chi connectivity index (χ3v) is 4.10. The molecule has 0 spiro atoms. The maximum Gasteiger partial charge on any atom is 0.257 e. The minimum atomic E-state index is -0.326. The monoisotopic (exact) mass is 399 g/mol. The molecule has 148 valence electrons. The molecule has 0 radical (unpaired) electrons. The number of benzene rings is 2. The second-order valence-electron chi connectivity index (χ2n) is 6.35. The van der Waals surface area contributed by atoms with E-state index in [1.165, 1.54) is 6.92 Å². The van der Waals surface area contributed by atoms with E-state index >= 15 is 0 Å². The fourth-order valence-electron chi connectivity index (χ4n) is 2.42. The van der Waals surface area contributed by atoms with Gasteiger partial charge in [0.25, 0.3) is 5.91 Å². The van der Waals surface area contributed by atoms with Crippen LogP contribution in [-0.2, 0) is 4.79 Å². The van der Waals surface area contributed by atoms with Crippen LogP contribution in [0.2, 0.25) is 0 Å². The van der Waals surface area contributed by atoms with Gasteiger partial charge >= 0.3 is 0 Å². The van der Waals surface area contributed by atoms with E-state index in [1.54, 1.807) is 24.3 Å². The Hall–Kier alpha value is -2.93. The van der Waals surface area contributed by atoms with Gasteiger partial charge in [-0.3, -0.25) is 14.9 Å². The summed E-state index contributed by atoms with van der Waals surface area (Å²) < 4.78 is 5.63. The molecule has 0 aliphatic rings. The third kappa shape index (κ3) is 6.66. The lowest BCUT2D eigenvalue weighted by Crippen LogP contribution is -2.34. The molecule has 2 aromatic carbocycles. The predicted molar refractivity (Wildman–Crippen MR) is 116 cm³/mol. The van der Waals surface area contributed by atoms with Gasteiger partial charge in [-0.25, -0.2) is 0 Å². The normalized spacial score (nSPS) is 10.1. The highest BCUT2D eigenvalue weighted by atomic mass is 32.1. The Morgan fingerprint density at radius 3 is 2.61 bits per heavy atom. The van der Waals surface area contributed by atoms with Crippen LogP contribution in [0.1, 0.15) is 42.6 Å². The second kappa shape index (κ2) is 10.4. The Bertz CT molecular complexity index is 868. The number of hydrogen-bond donors (Lipinski definition) is 3. The van der Waals surface area contributed by atoms with Crippen molar-refractivity contribution in [2.24, 2.45) is 0 Å². The molecule has 0 saturated heterocycles. The van der Waals surface area contributed by atoms with Crippen molar-refractivity contribution in [2.45, 2.75) is 33.6 Å². The van der Waals surface area contributed by atoms with E-state index in [-0.39, 0.29) is 16.9 Å². The van der Waals surface area contributed by atoms with Crippen molar-refractivity contribution in [3.8, 4) is 5.75 Å². The third-order valence-electron chi connectivity index (χ3n) is 3.90. The van der Waals surface area contributed by atoms with Crippen molar-refractivity contribution >= 4 is 40.5 Å². The minimum Gasteiger partial charge on any atom is -0.494 e. The first-order valence-electron chi connectivity index (χ1n) is 9.12. The Labute approximate surface area is 170 Å². The first kappa shape index (κ1) is 21.4. The standard InChI is InChI=1S/C21H25N3O3S/c1-4-5-11-27-18-8-6-7-16(12-18)20(26)24-21(28)23-17-10-9-14(2)19(13-17)22-15(3)25/h6-10,12-13H,4-5,11H2,1-3H3,(H,22,25)(H2,23,24,26,28). The lowest BCUT2D eigenvalue weighted by Gasteiger charge is -2.13. The molecular formula is C21H25N3O3S. The quantitative estimate of drug-likeness (QED) is 0.479. The SMILES string of the molecule is CCCCOc1cccc(C(=O)NC(=S)Nc2ccc(C)c(NC(C)=O)c2)c1. The van der Waals surface area contributed by atoms with Gasteiger partial charge in [-0.05, 0) is 61.5 Å². The molecule has 28 heavy (non-hydrogen) atoms. The number of carbonyl (C=O) groups is 2. The van der Waals surface area contributed by atoms with Crippen LogP contribution in [-0.4, -0.2) is 23.5 Å². The highest BCUT2D eigenvalue weighted by Crippen LogP contribution is 2.20. The summed E-state index contributed by atoms with van der Waals surface area (Å²) in [5, 5.41) is 8.53. The lowest BCUT2D eigenvalue weighted by molar-refractivity contribution is -0.114. The van der Waals surface area contributed by atoms with Gasteiger partial charge in [0.05, 0.1) is 6.61 Å². The number of aryl methyl sites for hydroxylation is 1. The van der Waals surface area contributed by atoms with E-state index in [2.05, 4.69) is 22.9 Å². The summed E-state index contributed by atoms with van der Waals surface area (Å²) in [4.78, 5) is 23.7. The Balaban J connectivity index is 1.98. The van der Waals surface area contributed by atoms with E-state index in [0.29, 0.717) is 29.3 Å². The molecule has 6 nitrogen and oxygen atoms in total. The first-order valence-corrected chi connectivity index (χ1v) is 9.53. The summed E-state index contributed by atoms with van der Waals surface area (Å²) in [6, 6.07) is 12.4. The van der Waals surface area contributed by atoms with E-state index in [9.17, 15) is 9.59 Å². The van der Waals surface area contributed by atoms with Crippen molar-refractivity contribution in [1.82, 2.24) is 5.32 Å². The van der Waals surface area contributed by atoms with Gasteiger partial charge in [0, 0.05) is 23.9 Å². The Morgan fingerprint density at radius 2 is 1.89 bits per heavy atom. The molecule has 0 saturated carbocycles. The molecule has 7 heteroatoms. The number of thiocarbonyl (C=S) groups is 1. The number of unbranched alkanes of at least 4 members (excludes halogenated alkanes) is 1. The summed E-state index contributed by atoms with van der Waals surface area (Å²) in [6.45, 7) is 6.05. The number of carbonyl (C=O) groups excluding carboxylic acids is 2. The molecule has 0 aliphatic carbocycles. The van der Waals surface area contributed by atoms with E-state index in [1.807, 2.05) is 25.1 Å². The predicted octanol–water partition coefficient (Wildman–Crippen LogP) is 4.26. The van der Waals surface area contributed by atoms with Crippen molar-refractivity contribution in [3.63, 3.8) is 0 Å². The number of ether oxygens (including phenoxy) is 1. The van der Waals surface area contributed by atoms with Gasteiger partial charge in [0.2, 0.25) is 5.91 Å². The van der Waals surface area contributed by atoms with Crippen molar-refractivity contribution < 1.29 is 14.3 Å². The van der Waals surface area contributed by atoms with E-state index < -0.39 is 0 Å². The summed E-state index contributed by atoms with van der Waals surface area (Å²) in [5.74, 6) is 0.170. The molecule has 0 atom stereocenters. The fourth-order valence-corrected chi connectivity index (χ4v) is 2.63. The highest BCUT2D eigenvalue weighted by molar-refractivity contribution is 7.80. The highest BCUT2D eigenvalue weighted by Gasteiger charge is 2.10. The number of rotatable bonds is 7. The van der Waals surface area contributed by atoms with Crippen LogP contribution in [0.15, 0.2) is 42.5 Å². The van der Waals surface area contributed by atoms with Crippen LogP contribution in [0, 0.1) is 6.92 Å². The van der Waals surface area contributed by atoms with Gasteiger partial charge in [0.1, 0.15) is 5.75 Å². The number of nitrogens with one attached hydrogen (secondary N) is 3. The van der Waals surface area contributed by atoms with Gasteiger partial charge in [-0.1, -0.05) is 25.5 Å². The molecule has 0 aromatic heterocycles. The van der Waals surface area contributed by atoms with Gasteiger partial charge in [-0.15, -0.1) is 0 Å². The number of anilines is 2. The fraction of sp³-hybridized carbons (Fsp3) is 0.286. The number of hydrogen-bond acceptors (Lipinski definition) is 4. The molecule has 2 rings (SSSR count). The molecule has 3 N–H and O–H groups in total. The van der Waals surface area contributed by atoms with Crippen molar-refractivity contribution in [1.29, 1.82) is 0 Å². The lowest BCUT2D eigenvalue weighted by atomic mass is 10.2. The van der Waals surface area contributed by atoms with Crippen LogP contribution in [0.25, 0.3) is 0 Å². The van der Waals surface area contributed by atoms with Crippen molar-refractivity contribution in [2.75, 3.05) is 17.2 Å². The zero-order valence-electron chi connectivity index (χ0n) is 16.3. The summed E-state index contributed by atoms with van der Waals surface area (Å²) in [5.41, 5.74) is 2.73. The van der Waals surface area contributed by atoms with Crippen LogP contribution in [0.5, 0.6) is 5.75 Å². The molecule has 0 fully saturated rings. The van der Waals surface area contributed by atoms with Gasteiger partial charge < -0.3 is 15.4 Å². The Morgan fingerprint density at radius 1 is 1.11 bits per heavy atom. The first-order chi connectivity index (χ1) is 13.4. The summed E-state index contributed by atoms with van der Waals surface area (Å²) in [6.07, 6.45) is 2.00. The van der Waals surface area contributed by atoms with Crippen LogP contribution in [0.4, 0.5) is 11.4 Å². The second-order valence-corrected chi connectivity index (χ2v) is 6.76. The molecule has 0 unspecified atom stereocenters. The van der Waals surface area contributed by atoms with Crippen LogP contribution < -0.4 is 20.7 Å². The van der Waals surface area contributed by atoms with Gasteiger partial charge in [0.15, 0.2) is 5.11 Å². The Kier molecular flexibility index (Phi) is 7.95. The van der Waals surface area contributed by atoms with Crippen molar-refractivity contribution in [3.05, 3.63) is 53.6 Å². The molecule has 0 bridgehead atoms. The van der Waals surface area contributed by atoms with E-state index in [4.69, 9.17) is 17.0 Å². The number of amides is 2. The van der Waals surface area contributed by atoms with E-state index in [0.717, 1.165) is 18.4 Å². The molecule has 0 heterocycles. The largest absolute Gasteiger partial charge is 0.494 e. The zero-order chi connectivity index (χ0) is 20.5. The summed E-state index contributed by atoms with van der Waals surface area (Å²) >= 11 is 5.23. The zero-order valence-corrected chi connectivity index (χ0v) is 17.1. The minimum absolute atomic E-state index is 0.155. The average Bonchev–Trinajstić information content (AvgIpc) is 2.64. The maximum atomic E-state index is 12.4. The molecule has 0 aliphatic heterocycles. The average molecular weight is 400 g/mol. The van der Waals surface area contributed by atoms with Crippen LogP contribution >= 0.6 is 12.2 Å². The smallest absolute Gasteiger partial charge is 0.257 e. The maximum absolute atomic E-state index is 12.4. The molecule has 2 amide bonds. The topological polar surface area (TPSA) is 79.5 Å².